The van der Waals surface area contributed by atoms with Crippen LogP contribution in [0.3, 0.4) is 0 Å². The van der Waals surface area contributed by atoms with E-state index >= 15 is 0 Å². The molecule has 1 N–H and O–H groups in total. The first-order valence-corrected chi connectivity index (χ1v) is 3.06. The lowest BCUT2D eigenvalue weighted by molar-refractivity contribution is 0.567. The van der Waals surface area contributed by atoms with E-state index in [1.54, 1.807) is 0 Å². The van der Waals surface area contributed by atoms with E-state index in [0.717, 1.165) is 0 Å². The second-order valence-electron chi connectivity index (χ2n) is 0.537. The van der Waals surface area contributed by atoms with Crippen LogP contribution in [-0.2, 0) is 11.1 Å². The summed E-state index contributed by atoms with van der Waals surface area (Å²) in [4.78, 5) is 0. The molecular formula is CH2Cl2O2S. The third-order valence-electron chi connectivity index (χ3n) is 0.152. The molecule has 0 rings (SSSR count). The van der Waals surface area contributed by atoms with Crippen LogP contribution >= 0.6 is 23.2 Å². The Labute approximate surface area is 47.7 Å². The summed E-state index contributed by atoms with van der Waals surface area (Å²) < 4.78 is 16.2. The molecule has 2 nitrogen and oxygen atoms in total. The van der Waals surface area contributed by atoms with Gasteiger partial charge >= 0.3 is 0 Å². The van der Waals surface area contributed by atoms with Gasteiger partial charge in [0.15, 0.2) is 11.1 Å². The normalized spacial score (nSPS) is 15.3. The quantitative estimate of drug-likeness (QED) is 0.445. The van der Waals surface area contributed by atoms with Crippen molar-refractivity contribution in [3.63, 3.8) is 0 Å². The van der Waals surface area contributed by atoms with Gasteiger partial charge in [-0.25, -0.2) is 4.21 Å². The van der Waals surface area contributed by atoms with Crippen LogP contribution < -0.4 is 0 Å². The van der Waals surface area contributed by atoms with Crippen molar-refractivity contribution in [1.29, 1.82) is 0 Å². The fourth-order valence-corrected chi connectivity index (χ4v) is 0. The maximum Gasteiger partial charge on any atom is 0.207 e. The number of alkyl halides is 2. The molecule has 0 aromatic carbocycles. The van der Waals surface area contributed by atoms with Crippen LogP contribution in [0.2, 0.25) is 0 Å². The molecule has 1 unspecified atom stereocenters. The Kier molecular flexibility index (Phi) is 3.12. The van der Waals surface area contributed by atoms with E-state index in [-0.39, 0.29) is 0 Å². The van der Waals surface area contributed by atoms with Crippen LogP contribution in [0.25, 0.3) is 0 Å². The first-order chi connectivity index (χ1) is 2.64. The van der Waals surface area contributed by atoms with Crippen LogP contribution in [-0.4, -0.2) is 12.9 Å². The van der Waals surface area contributed by atoms with Gasteiger partial charge in [0.1, 0.15) is 0 Å². The van der Waals surface area contributed by atoms with Gasteiger partial charge in [-0.05, 0) is 0 Å². The zero-order valence-corrected chi connectivity index (χ0v) is 4.93. The molecule has 0 saturated carbocycles. The van der Waals surface area contributed by atoms with Gasteiger partial charge in [-0.15, -0.1) is 0 Å². The Morgan fingerprint density at radius 2 is 1.83 bits per heavy atom. The van der Waals surface area contributed by atoms with Crippen molar-refractivity contribution in [1.82, 2.24) is 0 Å². The molecule has 0 aromatic rings. The minimum absolute atomic E-state index is 1.18. The molecule has 0 saturated heterocycles. The van der Waals surface area contributed by atoms with E-state index in [0.29, 0.717) is 0 Å². The van der Waals surface area contributed by atoms with Crippen molar-refractivity contribution in [2.75, 3.05) is 0 Å². The molecule has 0 aliphatic carbocycles. The average Bonchev–Trinajstić information content (AvgIpc) is 1.36. The second kappa shape index (κ2) is 2.80. The summed E-state index contributed by atoms with van der Waals surface area (Å²) in [6.45, 7) is 0. The lowest BCUT2D eigenvalue weighted by Crippen LogP contribution is -1.94. The highest BCUT2D eigenvalue weighted by molar-refractivity contribution is 7.82. The van der Waals surface area contributed by atoms with Crippen LogP contribution in [0.15, 0.2) is 0 Å². The van der Waals surface area contributed by atoms with Crippen LogP contribution in [0, 0.1) is 0 Å². The zero-order chi connectivity index (χ0) is 5.15. The number of rotatable bonds is 1. The molecule has 0 fully saturated rings. The molecule has 0 heterocycles. The van der Waals surface area contributed by atoms with Crippen molar-refractivity contribution in [3.05, 3.63) is 0 Å². The SMILES string of the molecule is O=S(O)C(Cl)Cl. The molecule has 6 heavy (non-hydrogen) atoms. The largest absolute Gasteiger partial charge is 0.304 e. The van der Waals surface area contributed by atoms with Gasteiger partial charge in [0, 0.05) is 0 Å². The summed E-state index contributed by atoms with van der Waals surface area (Å²) in [5, 5.41) is 0. The Morgan fingerprint density at radius 1 is 1.67 bits per heavy atom. The van der Waals surface area contributed by atoms with Gasteiger partial charge in [-0.3, -0.25) is 0 Å². The minimum Gasteiger partial charge on any atom is -0.304 e. The summed E-state index contributed by atoms with van der Waals surface area (Å²) in [6.07, 6.45) is 0. The molecule has 5 heteroatoms. The summed E-state index contributed by atoms with van der Waals surface area (Å²) in [5.74, 6) is 0. The fraction of sp³-hybridized carbons (Fsp3) is 1.00. The lowest BCUT2D eigenvalue weighted by atomic mass is 11.9. The smallest absolute Gasteiger partial charge is 0.207 e. The van der Waals surface area contributed by atoms with Crippen LogP contribution in [0.4, 0.5) is 0 Å². The molecule has 0 radical (unpaired) electrons. The van der Waals surface area contributed by atoms with Crippen molar-refractivity contribution >= 4 is 34.3 Å². The second-order valence-corrected chi connectivity index (χ2v) is 3.17. The number of halogens is 2. The molecule has 0 aromatic heterocycles. The van der Waals surface area contributed by atoms with E-state index in [1.807, 2.05) is 0 Å². The highest BCUT2D eigenvalue weighted by Gasteiger charge is 2.01. The van der Waals surface area contributed by atoms with Crippen molar-refractivity contribution < 1.29 is 8.76 Å². The van der Waals surface area contributed by atoms with Gasteiger partial charge in [-0.1, -0.05) is 23.2 Å². The maximum atomic E-state index is 9.55. The summed E-state index contributed by atoms with van der Waals surface area (Å²) in [7, 11) is 0. The summed E-state index contributed by atoms with van der Waals surface area (Å²) >= 11 is 7.57. The number of hydrogen-bond donors (Lipinski definition) is 1. The highest BCUT2D eigenvalue weighted by atomic mass is 35.5. The average molecular weight is 149 g/mol. The van der Waals surface area contributed by atoms with E-state index in [9.17, 15) is 4.21 Å². The number of hydrogen-bond acceptors (Lipinski definition) is 1. The van der Waals surface area contributed by atoms with Crippen molar-refractivity contribution in [2.45, 2.75) is 4.17 Å². The van der Waals surface area contributed by atoms with Crippen molar-refractivity contribution in [2.24, 2.45) is 0 Å². The summed E-state index contributed by atoms with van der Waals surface area (Å²) in [5.41, 5.74) is 0. The Balaban J connectivity index is 3.26. The Hall–Kier alpha value is 0.690. The van der Waals surface area contributed by atoms with E-state index in [2.05, 4.69) is 0 Å². The van der Waals surface area contributed by atoms with Crippen LogP contribution in [0.5, 0.6) is 0 Å². The van der Waals surface area contributed by atoms with Gasteiger partial charge in [0.2, 0.25) is 4.17 Å². The van der Waals surface area contributed by atoms with Gasteiger partial charge < -0.3 is 4.55 Å². The van der Waals surface area contributed by atoms with E-state index < -0.39 is 15.2 Å². The van der Waals surface area contributed by atoms with Gasteiger partial charge in [-0.2, -0.15) is 0 Å². The Morgan fingerprint density at radius 3 is 1.83 bits per heavy atom. The first kappa shape index (κ1) is 6.69. The molecule has 1 atom stereocenters. The summed E-state index contributed by atoms with van der Waals surface area (Å²) in [6, 6.07) is 0. The third-order valence-corrected chi connectivity index (χ3v) is 1.37. The first-order valence-electron chi connectivity index (χ1n) is 1.02. The molecule has 0 bridgehead atoms. The van der Waals surface area contributed by atoms with Crippen LogP contribution in [0.1, 0.15) is 0 Å². The van der Waals surface area contributed by atoms with Gasteiger partial charge in [0.25, 0.3) is 0 Å². The third kappa shape index (κ3) is 2.90. The maximum absolute atomic E-state index is 9.55. The van der Waals surface area contributed by atoms with E-state index in [1.165, 1.54) is 0 Å². The topological polar surface area (TPSA) is 37.3 Å². The molecule has 0 aliphatic rings. The zero-order valence-electron chi connectivity index (χ0n) is 2.60. The van der Waals surface area contributed by atoms with Gasteiger partial charge in [0.05, 0.1) is 0 Å². The predicted molar refractivity (Wildman–Crippen MR) is 26.3 cm³/mol. The molecule has 38 valence electrons. The molecule has 0 spiro atoms. The predicted octanol–water partition coefficient (Wildman–Crippen LogP) is 0.969. The lowest BCUT2D eigenvalue weighted by Gasteiger charge is -1.85. The van der Waals surface area contributed by atoms with Crippen molar-refractivity contribution in [3.8, 4) is 0 Å². The molecule has 0 aliphatic heterocycles. The molecular weight excluding hydrogens is 147 g/mol. The monoisotopic (exact) mass is 148 g/mol. The highest BCUT2D eigenvalue weighted by Crippen LogP contribution is 2.02. The Bertz CT molecular complexity index is 62.6. The van der Waals surface area contributed by atoms with E-state index in [4.69, 9.17) is 27.8 Å². The fourth-order valence-electron chi connectivity index (χ4n) is 0. The minimum atomic E-state index is -2.09. The molecule has 0 amide bonds. The standard InChI is InChI=1S/CH2Cl2O2S/c2-1(3)6(4)5/h1H,(H,4,5).